The molecule has 0 aliphatic carbocycles. The van der Waals surface area contributed by atoms with Crippen LogP contribution in [0.4, 0.5) is 5.13 Å². The third-order valence-electron chi connectivity index (χ3n) is 4.61. The summed E-state index contributed by atoms with van der Waals surface area (Å²) in [5.41, 5.74) is 1.23. The summed E-state index contributed by atoms with van der Waals surface area (Å²) < 4.78 is 33.0. The van der Waals surface area contributed by atoms with E-state index in [0.717, 1.165) is 17.0 Å². The molecule has 0 saturated carbocycles. The van der Waals surface area contributed by atoms with Crippen LogP contribution in [0.1, 0.15) is 34.8 Å². The highest BCUT2D eigenvalue weighted by molar-refractivity contribution is 7.93. The fourth-order valence-electron chi connectivity index (χ4n) is 3.01. The lowest BCUT2D eigenvalue weighted by Crippen LogP contribution is -2.26. The van der Waals surface area contributed by atoms with Crippen LogP contribution >= 0.6 is 22.9 Å². The molecular formula is C22H25ClN4O4S2. The number of halogens is 1. The number of carbonyl (C=O) groups is 1. The highest BCUT2D eigenvalue weighted by atomic mass is 35.5. The number of methoxy groups -OCH3 is 1. The van der Waals surface area contributed by atoms with Crippen LogP contribution in [0.15, 0.2) is 47.4 Å². The number of nitrogens with one attached hydrogen (secondary N) is 2. The van der Waals surface area contributed by atoms with E-state index in [-0.39, 0.29) is 15.9 Å². The lowest BCUT2D eigenvalue weighted by molar-refractivity contribution is 0.0951. The number of hydrogen-bond donors (Lipinski definition) is 2. The van der Waals surface area contributed by atoms with E-state index in [1.165, 1.54) is 30.6 Å². The molecule has 176 valence electrons. The van der Waals surface area contributed by atoms with Gasteiger partial charge in [-0.05, 0) is 48.2 Å². The summed E-state index contributed by atoms with van der Waals surface area (Å²) in [6.07, 6.45) is 1.27. The van der Waals surface area contributed by atoms with Crippen LogP contribution in [-0.4, -0.2) is 38.2 Å². The first kappa shape index (κ1) is 24.9. The fraction of sp³-hybridized carbons (Fsp3) is 0.318. The third kappa shape index (κ3) is 6.89. The van der Waals surface area contributed by atoms with Crippen LogP contribution in [-0.2, 0) is 22.9 Å². The Morgan fingerprint density at radius 3 is 2.55 bits per heavy atom. The molecule has 0 radical (unpaired) electrons. The lowest BCUT2D eigenvalue weighted by atomic mass is 10.1. The Hall–Kier alpha value is -2.69. The Morgan fingerprint density at radius 1 is 1.15 bits per heavy atom. The number of ether oxygens (including phenoxy) is 1. The van der Waals surface area contributed by atoms with Crippen LogP contribution in [0.5, 0.6) is 5.75 Å². The van der Waals surface area contributed by atoms with Gasteiger partial charge in [-0.2, -0.15) is 0 Å². The molecule has 3 rings (SSSR count). The SMILES string of the molecule is COc1ccc(Cl)cc1C(=O)NCCc1ccc(S(=O)(=O)Nc2nnc(CC(C)C)s2)cc1. The first-order valence-corrected chi connectivity index (χ1v) is 12.9. The van der Waals surface area contributed by atoms with Crippen molar-refractivity contribution in [3.8, 4) is 5.75 Å². The number of anilines is 1. The van der Waals surface area contributed by atoms with E-state index in [9.17, 15) is 13.2 Å². The van der Waals surface area contributed by atoms with Crippen LogP contribution < -0.4 is 14.8 Å². The molecular weight excluding hydrogens is 484 g/mol. The average molecular weight is 509 g/mol. The van der Waals surface area contributed by atoms with Gasteiger partial charge >= 0.3 is 0 Å². The zero-order valence-corrected chi connectivity index (χ0v) is 20.9. The predicted molar refractivity (Wildman–Crippen MR) is 130 cm³/mol. The first-order valence-electron chi connectivity index (χ1n) is 10.2. The number of benzene rings is 2. The van der Waals surface area contributed by atoms with Crippen molar-refractivity contribution in [1.29, 1.82) is 0 Å². The maximum atomic E-state index is 12.6. The van der Waals surface area contributed by atoms with Crippen molar-refractivity contribution < 1.29 is 17.9 Å². The molecule has 0 spiro atoms. The molecule has 1 amide bonds. The van der Waals surface area contributed by atoms with Gasteiger partial charge in [0.2, 0.25) is 5.13 Å². The molecule has 2 N–H and O–H groups in total. The summed E-state index contributed by atoms with van der Waals surface area (Å²) in [6.45, 7) is 4.49. The minimum atomic E-state index is -3.77. The van der Waals surface area contributed by atoms with Crippen LogP contribution in [0.3, 0.4) is 0 Å². The van der Waals surface area contributed by atoms with Gasteiger partial charge in [0.05, 0.1) is 17.6 Å². The van der Waals surface area contributed by atoms with Crippen molar-refractivity contribution >= 4 is 44.0 Å². The third-order valence-corrected chi connectivity index (χ3v) is 7.19. The maximum absolute atomic E-state index is 12.6. The highest BCUT2D eigenvalue weighted by Crippen LogP contribution is 2.23. The van der Waals surface area contributed by atoms with Crippen LogP contribution in [0.25, 0.3) is 0 Å². The smallest absolute Gasteiger partial charge is 0.263 e. The summed E-state index contributed by atoms with van der Waals surface area (Å²) in [4.78, 5) is 12.6. The molecule has 33 heavy (non-hydrogen) atoms. The molecule has 1 heterocycles. The predicted octanol–water partition coefficient (Wildman–Crippen LogP) is 4.17. The van der Waals surface area contributed by atoms with Crippen molar-refractivity contribution in [2.75, 3.05) is 18.4 Å². The monoisotopic (exact) mass is 508 g/mol. The standard InChI is InChI=1S/C22H25ClN4O4S2/c1-14(2)12-20-25-26-22(32-20)27-33(29,30)17-7-4-15(5-8-17)10-11-24-21(28)18-13-16(23)6-9-19(18)31-3/h4-9,13-14H,10-12H2,1-3H3,(H,24,28)(H,26,27). The number of amides is 1. The molecule has 0 fully saturated rings. The van der Waals surface area contributed by atoms with E-state index < -0.39 is 10.0 Å². The molecule has 0 aliphatic heterocycles. The Bertz CT molecular complexity index is 1210. The van der Waals surface area contributed by atoms with Crippen molar-refractivity contribution in [3.63, 3.8) is 0 Å². The van der Waals surface area contributed by atoms with Crippen molar-refractivity contribution in [2.24, 2.45) is 5.92 Å². The minimum absolute atomic E-state index is 0.125. The van der Waals surface area contributed by atoms with Gasteiger partial charge in [0.1, 0.15) is 10.8 Å². The van der Waals surface area contributed by atoms with Crippen LogP contribution in [0, 0.1) is 5.92 Å². The van der Waals surface area contributed by atoms with Gasteiger partial charge < -0.3 is 10.1 Å². The molecule has 3 aromatic rings. The van der Waals surface area contributed by atoms with Crippen molar-refractivity contribution in [3.05, 3.63) is 63.6 Å². The molecule has 0 atom stereocenters. The van der Waals surface area contributed by atoms with Gasteiger partial charge in [0.15, 0.2) is 0 Å². The molecule has 11 heteroatoms. The van der Waals surface area contributed by atoms with Gasteiger partial charge in [0, 0.05) is 18.0 Å². The topological polar surface area (TPSA) is 110 Å². The van der Waals surface area contributed by atoms with Gasteiger partial charge in [-0.3, -0.25) is 9.52 Å². The van der Waals surface area contributed by atoms with Gasteiger partial charge in [-0.25, -0.2) is 8.42 Å². The van der Waals surface area contributed by atoms with E-state index >= 15 is 0 Å². The molecule has 0 unspecified atom stereocenters. The first-order chi connectivity index (χ1) is 15.7. The Kier molecular flexibility index (Phi) is 8.28. The number of sulfonamides is 1. The summed E-state index contributed by atoms with van der Waals surface area (Å²) in [5, 5.41) is 12.2. The second-order valence-electron chi connectivity index (χ2n) is 7.70. The van der Waals surface area contributed by atoms with Crippen molar-refractivity contribution in [2.45, 2.75) is 31.6 Å². The van der Waals surface area contributed by atoms with Gasteiger partial charge in [-0.1, -0.05) is 48.9 Å². The van der Waals surface area contributed by atoms with E-state index in [1.54, 1.807) is 30.3 Å². The summed E-state index contributed by atoms with van der Waals surface area (Å²) in [5.74, 6) is 0.546. The van der Waals surface area contributed by atoms with Crippen molar-refractivity contribution in [1.82, 2.24) is 15.5 Å². The number of aromatic nitrogens is 2. The molecule has 0 aliphatic rings. The zero-order chi connectivity index (χ0) is 24.0. The molecule has 1 aromatic heterocycles. The van der Waals surface area contributed by atoms with Crippen LogP contribution in [0.2, 0.25) is 5.02 Å². The molecule has 2 aromatic carbocycles. The molecule has 0 bridgehead atoms. The fourth-order valence-corrected chi connectivity index (χ4v) is 5.36. The normalized spacial score (nSPS) is 11.4. The lowest BCUT2D eigenvalue weighted by Gasteiger charge is -2.10. The Balaban J connectivity index is 1.57. The maximum Gasteiger partial charge on any atom is 0.263 e. The van der Waals surface area contributed by atoms with E-state index in [4.69, 9.17) is 16.3 Å². The number of nitrogens with zero attached hydrogens (tertiary/aromatic N) is 2. The van der Waals surface area contributed by atoms with Gasteiger partial charge in [0.25, 0.3) is 15.9 Å². The van der Waals surface area contributed by atoms with E-state index in [1.807, 2.05) is 0 Å². The minimum Gasteiger partial charge on any atom is -0.496 e. The molecule has 8 nitrogen and oxygen atoms in total. The van der Waals surface area contributed by atoms with E-state index in [2.05, 4.69) is 34.1 Å². The number of carbonyl (C=O) groups excluding carboxylic acids is 1. The quantitative estimate of drug-likeness (QED) is 0.425. The largest absolute Gasteiger partial charge is 0.496 e. The highest BCUT2D eigenvalue weighted by Gasteiger charge is 2.17. The Labute approximate surface area is 202 Å². The van der Waals surface area contributed by atoms with Gasteiger partial charge in [-0.15, -0.1) is 10.2 Å². The summed E-state index contributed by atoms with van der Waals surface area (Å²) >= 11 is 7.21. The average Bonchev–Trinajstić information content (AvgIpc) is 3.19. The molecule has 0 saturated heterocycles. The Morgan fingerprint density at radius 2 is 1.88 bits per heavy atom. The number of rotatable bonds is 10. The summed E-state index contributed by atoms with van der Waals surface area (Å²) in [7, 11) is -2.28. The summed E-state index contributed by atoms with van der Waals surface area (Å²) in [6, 6.07) is 11.3. The second kappa shape index (κ2) is 11.0. The number of hydrogen-bond acceptors (Lipinski definition) is 7. The van der Waals surface area contributed by atoms with E-state index in [0.29, 0.717) is 35.2 Å². The second-order valence-corrected chi connectivity index (χ2v) is 10.9. The zero-order valence-electron chi connectivity index (χ0n) is 18.5.